The van der Waals surface area contributed by atoms with Gasteiger partial charge in [0.25, 0.3) is 0 Å². The van der Waals surface area contributed by atoms with Crippen molar-refractivity contribution in [3.8, 4) is 0 Å². The van der Waals surface area contributed by atoms with Crippen molar-refractivity contribution in [3.05, 3.63) is 24.0 Å². The summed E-state index contributed by atoms with van der Waals surface area (Å²) in [6.07, 6.45) is 4.34. The van der Waals surface area contributed by atoms with Crippen LogP contribution in [0.1, 0.15) is 19.3 Å². The fraction of sp³-hybridized carbons (Fsp3) is 0.588. The third-order valence-corrected chi connectivity index (χ3v) is 6.82. The van der Waals surface area contributed by atoms with Crippen LogP contribution in [0.15, 0.2) is 18.2 Å². The molecule has 2 atom stereocenters. The molecule has 116 valence electrons. The van der Waals surface area contributed by atoms with E-state index in [1.807, 2.05) is 0 Å². The summed E-state index contributed by atoms with van der Waals surface area (Å²) < 4.78 is 14.2. The molecule has 1 aromatic heterocycles. The number of fused-ring (bicyclic) bond motifs is 2. The second-order valence-corrected chi connectivity index (χ2v) is 8.08. The highest BCUT2D eigenvalue weighted by molar-refractivity contribution is 7.22. The van der Waals surface area contributed by atoms with Gasteiger partial charge in [-0.2, -0.15) is 0 Å². The maximum Gasteiger partial charge on any atom is 0.186 e. The fourth-order valence-corrected chi connectivity index (χ4v) is 5.44. The van der Waals surface area contributed by atoms with Crippen LogP contribution < -0.4 is 4.90 Å². The van der Waals surface area contributed by atoms with Crippen molar-refractivity contribution in [3.63, 3.8) is 0 Å². The molecule has 22 heavy (non-hydrogen) atoms. The van der Waals surface area contributed by atoms with E-state index in [0.29, 0.717) is 6.04 Å². The maximum absolute atomic E-state index is 13.3. The standard InChI is InChI=1S/C17H20FN3S/c18-13-4-5-15-16(6-13)22-17(19-15)21-9-14(10-21)20-7-11-2-1-3-12(11)8-20/h4-6,11-12,14H,1-3,7-10H2. The Kier molecular flexibility index (Phi) is 2.95. The highest BCUT2D eigenvalue weighted by atomic mass is 32.1. The van der Waals surface area contributed by atoms with Crippen molar-refractivity contribution >= 4 is 26.7 Å². The molecule has 1 aliphatic carbocycles. The molecule has 2 saturated heterocycles. The molecule has 1 aromatic carbocycles. The van der Waals surface area contributed by atoms with E-state index in [4.69, 9.17) is 0 Å². The van der Waals surface area contributed by atoms with Crippen LogP contribution in [-0.2, 0) is 0 Å². The number of thiazole rings is 1. The SMILES string of the molecule is Fc1ccc2nc(N3CC(N4CC5CCCC5C4)C3)sc2c1. The summed E-state index contributed by atoms with van der Waals surface area (Å²) in [4.78, 5) is 9.71. The Bertz CT molecular complexity index is 697. The Morgan fingerprint density at radius 2 is 1.86 bits per heavy atom. The van der Waals surface area contributed by atoms with Gasteiger partial charge in [0.1, 0.15) is 5.82 Å². The van der Waals surface area contributed by atoms with Crippen LogP contribution in [0.25, 0.3) is 10.2 Å². The Balaban J connectivity index is 1.27. The lowest BCUT2D eigenvalue weighted by molar-refractivity contribution is 0.190. The zero-order valence-electron chi connectivity index (χ0n) is 12.5. The number of halogens is 1. The van der Waals surface area contributed by atoms with Crippen molar-refractivity contribution < 1.29 is 4.39 Å². The van der Waals surface area contributed by atoms with Crippen molar-refractivity contribution in [1.82, 2.24) is 9.88 Å². The van der Waals surface area contributed by atoms with Crippen LogP contribution in [0.5, 0.6) is 0 Å². The summed E-state index contributed by atoms with van der Waals surface area (Å²) in [7, 11) is 0. The van der Waals surface area contributed by atoms with Crippen molar-refractivity contribution in [1.29, 1.82) is 0 Å². The van der Waals surface area contributed by atoms with Gasteiger partial charge in [-0.15, -0.1) is 0 Å². The quantitative estimate of drug-likeness (QED) is 0.847. The molecule has 2 aromatic rings. The number of hydrogen-bond acceptors (Lipinski definition) is 4. The van der Waals surface area contributed by atoms with Gasteiger partial charge in [-0.3, -0.25) is 4.90 Å². The maximum atomic E-state index is 13.3. The van der Waals surface area contributed by atoms with E-state index >= 15 is 0 Å². The Morgan fingerprint density at radius 1 is 1.09 bits per heavy atom. The molecular weight excluding hydrogens is 297 g/mol. The summed E-state index contributed by atoms with van der Waals surface area (Å²) in [6.45, 7) is 4.80. The number of aromatic nitrogens is 1. The van der Waals surface area contributed by atoms with Crippen LogP contribution in [-0.4, -0.2) is 42.1 Å². The van der Waals surface area contributed by atoms with E-state index in [-0.39, 0.29) is 5.82 Å². The third kappa shape index (κ3) is 2.06. The van der Waals surface area contributed by atoms with Crippen LogP contribution in [0.4, 0.5) is 9.52 Å². The van der Waals surface area contributed by atoms with Gasteiger partial charge in [0.05, 0.1) is 10.2 Å². The predicted molar refractivity (Wildman–Crippen MR) is 88.0 cm³/mol. The highest BCUT2D eigenvalue weighted by Gasteiger charge is 2.42. The molecule has 0 N–H and O–H groups in total. The highest BCUT2D eigenvalue weighted by Crippen LogP contribution is 2.40. The summed E-state index contributed by atoms with van der Waals surface area (Å²) >= 11 is 1.61. The van der Waals surface area contributed by atoms with Crippen LogP contribution in [0.3, 0.4) is 0 Å². The van der Waals surface area contributed by atoms with E-state index < -0.39 is 0 Å². The molecule has 3 fully saturated rings. The monoisotopic (exact) mass is 317 g/mol. The summed E-state index contributed by atoms with van der Waals surface area (Å²) in [5, 5.41) is 1.05. The molecule has 0 bridgehead atoms. The molecule has 2 aliphatic heterocycles. The van der Waals surface area contributed by atoms with Crippen LogP contribution in [0, 0.1) is 17.7 Å². The molecule has 1 saturated carbocycles. The lowest BCUT2D eigenvalue weighted by atomic mass is 10.0. The molecule has 2 unspecified atom stereocenters. The van der Waals surface area contributed by atoms with Gasteiger partial charge in [-0.25, -0.2) is 9.37 Å². The van der Waals surface area contributed by atoms with E-state index in [1.54, 1.807) is 23.5 Å². The van der Waals surface area contributed by atoms with Gasteiger partial charge in [-0.1, -0.05) is 17.8 Å². The predicted octanol–water partition coefficient (Wildman–Crippen LogP) is 3.36. The zero-order chi connectivity index (χ0) is 14.7. The lowest BCUT2D eigenvalue weighted by Crippen LogP contribution is -2.59. The molecule has 5 heteroatoms. The molecule has 0 spiro atoms. The average molecular weight is 317 g/mol. The lowest BCUT2D eigenvalue weighted by Gasteiger charge is -2.44. The van der Waals surface area contributed by atoms with E-state index in [9.17, 15) is 4.39 Å². The molecule has 5 rings (SSSR count). The molecular formula is C17H20FN3S. The summed E-state index contributed by atoms with van der Waals surface area (Å²) in [5.74, 6) is 1.77. The summed E-state index contributed by atoms with van der Waals surface area (Å²) in [5.41, 5.74) is 0.917. The fourth-order valence-electron chi connectivity index (χ4n) is 4.43. The molecule has 0 amide bonds. The molecule has 0 radical (unpaired) electrons. The van der Waals surface area contributed by atoms with Gasteiger partial charge in [0.15, 0.2) is 5.13 Å². The van der Waals surface area contributed by atoms with Gasteiger partial charge in [0.2, 0.25) is 0 Å². The van der Waals surface area contributed by atoms with E-state index in [1.165, 1.54) is 38.4 Å². The minimum Gasteiger partial charge on any atom is -0.345 e. The molecule has 3 nitrogen and oxygen atoms in total. The number of nitrogens with zero attached hydrogens (tertiary/aromatic N) is 3. The third-order valence-electron chi connectivity index (χ3n) is 5.74. The van der Waals surface area contributed by atoms with Crippen LogP contribution in [0.2, 0.25) is 0 Å². The molecule has 3 aliphatic rings. The zero-order valence-corrected chi connectivity index (χ0v) is 13.4. The number of hydrogen-bond donors (Lipinski definition) is 0. The Labute approximate surface area is 133 Å². The average Bonchev–Trinajstić information content (AvgIpc) is 3.09. The van der Waals surface area contributed by atoms with E-state index in [0.717, 1.165) is 40.3 Å². The first-order valence-corrected chi connectivity index (χ1v) is 9.13. The Morgan fingerprint density at radius 3 is 2.64 bits per heavy atom. The minimum atomic E-state index is -0.173. The number of likely N-dealkylation sites (tertiary alicyclic amines) is 1. The van der Waals surface area contributed by atoms with Crippen LogP contribution >= 0.6 is 11.3 Å². The summed E-state index contributed by atoms with van der Waals surface area (Å²) in [6, 6.07) is 5.57. The second kappa shape index (κ2) is 4.90. The minimum absolute atomic E-state index is 0.173. The number of benzene rings is 1. The first-order chi connectivity index (χ1) is 10.8. The van der Waals surface area contributed by atoms with Gasteiger partial charge >= 0.3 is 0 Å². The van der Waals surface area contributed by atoms with Gasteiger partial charge in [-0.05, 0) is 42.9 Å². The first kappa shape index (κ1) is 13.3. The normalized spacial score (nSPS) is 29.2. The number of anilines is 1. The largest absolute Gasteiger partial charge is 0.345 e. The van der Waals surface area contributed by atoms with Crippen molar-refractivity contribution in [2.75, 3.05) is 31.1 Å². The van der Waals surface area contributed by atoms with Crippen molar-refractivity contribution in [2.45, 2.75) is 25.3 Å². The number of rotatable bonds is 2. The molecule has 3 heterocycles. The van der Waals surface area contributed by atoms with Gasteiger partial charge < -0.3 is 4.90 Å². The smallest absolute Gasteiger partial charge is 0.186 e. The topological polar surface area (TPSA) is 19.4 Å². The van der Waals surface area contributed by atoms with Crippen molar-refractivity contribution in [2.24, 2.45) is 11.8 Å². The Hall–Kier alpha value is -1.20. The van der Waals surface area contributed by atoms with Gasteiger partial charge in [0, 0.05) is 32.2 Å². The van der Waals surface area contributed by atoms with E-state index in [2.05, 4.69) is 14.8 Å². The second-order valence-electron chi connectivity index (χ2n) is 7.07. The first-order valence-electron chi connectivity index (χ1n) is 8.31.